The molecule has 1 saturated carbocycles. The minimum Gasteiger partial charge on any atom is -0.249 e. The van der Waals surface area contributed by atoms with Gasteiger partial charge in [0.15, 0.2) is 5.82 Å². The summed E-state index contributed by atoms with van der Waals surface area (Å²) >= 11 is 6.19. The number of carbonyl (C=O) groups excluding carboxylic acids is 1. The number of aryl methyl sites for hydroxylation is 1. The van der Waals surface area contributed by atoms with E-state index in [1.165, 1.54) is 25.3 Å². The van der Waals surface area contributed by atoms with Crippen molar-refractivity contribution in [3.63, 3.8) is 0 Å². The summed E-state index contributed by atoms with van der Waals surface area (Å²) in [5.74, 6) is 0.834. The van der Waals surface area contributed by atoms with Crippen molar-refractivity contribution in [1.29, 1.82) is 0 Å². The molecule has 2 rings (SSSR count). The Balaban J connectivity index is 2.34. The van der Waals surface area contributed by atoms with Crippen LogP contribution in [0.1, 0.15) is 43.7 Å². The largest absolute Gasteiger partial charge is 0.249 e. The van der Waals surface area contributed by atoms with Gasteiger partial charge in [0.1, 0.15) is 5.02 Å². The maximum absolute atomic E-state index is 10.3. The minimum absolute atomic E-state index is 0.414. The number of halogens is 1. The SMILES string of the molecule is Cn1nc(C2CCCCC2)c(Cl)c1N=C=O. The Morgan fingerprint density at radius 1 is 1.44 bits per heavy atom. The zero-order chi connectivity index (χ0) is 11.5. The predicted molar refractivity (Wildman–Crippen MR) is 61.8 cm³/mol. The lowest BCUT2D eigenvalue weighted by atomic mass is 9.87. The molecule has 4 nitrogen and oxygen atoms in total. The van der Waals surface area contributed by atoms with Crippen molar-refractivity contribution < 1.29 is 4.79 Å². The second-order valence-corrected chi connectivity index (χ2v) is 4.56. The molecule has 0 bridgehead atoms. The molecule has 0 amide bonds. The Hall–Kier alpha value is -1.12. The van der Waals surface area contributed by atoms with Gasteiger partial charge in [0.05, 0.1) is 5.69 Å². The maximum atomic E-state index is 10.3. The van der Waals surface area contributed by atoms with Crippen molar-refractivity contribution in [2.45, 2.75) is 38.0 Å². The summed E-state index contributed by atoms with van der Waals surface area (Å²) in [6.07, 6.45) is 7.51. The van der Waals surface area contributed by atoms with Crippen LogP contribution in [0.5, 0.6) is 0 Å². The molecule has 0 radical (unpaired) electrons. The van der Waals surface area contributed by atoms with Gasteiger partial charge in [-0.05, 0) is 12.8 Å². The van der Waals surface area contributed by atoms with E-state index in [0.29, 0.717) is 16.8 Å². The zero-order valence-electron chi connectivity index (χ0n) is 9.24. The molecule has 5 heteroatoms. The van der Waals surface area contributed by atoms with E-state index >= 15 is 0 Å². The second-order valence-electron chi connectivity index (χ2n) is 4.18. The minimum atomic E-state index is 0.414. The fourth-order valence-electron chi connectivity index (χ4n) is 2.31. The van der Waals surface area contributed by atoms with Crippen molar-refractivity contribution in [3.05, 3.63) is 10.7 Å². The van der Waals surface area contributed by atoms with Gasteiger partial charge >= 0.3 is 0 Å². The summed E-state index contributed by atoms with van der Waals surface area (Å²) in [7, 11) is 1.74. The van der Waals surface area contributed by atoms with Gasteiger partial charge in [0.25, 0.3) is 0 Å². The third-order valence-electron chi connectivity index (χ3n) is 3.13. The Bertz CT molecular complexity index is 429. The molecule has 0 aliphatic heterocycles. The van der Waals surface area contributed by atoms with E-state index in [1.54, 1.807) is 11.7 Å². The van der Waals surface area contributed by atoms with Gasteiger partial charge < -0.3 is 0 Å². The molecule has 0 unspecified atom stereocenters. The van der Waals surface area contributed by atoms with E-state index in [-0.39, 0.29) is 0 Å². The lowest BCUT2D eigenvalue weighted by Gasteiger charge is -2.19. The van der Waals surface area contributed by atoms with Crippen LogP contribution in [0, 0.1) is 0 Å². The number of aromatic nitrogens is 2. The van der Waals surface area contributed by atoms with Crippen molar-refractivity contribution in [2.75, 3.05) is 0 Å². The van der Waals surface area contributed by atoms with Crippen LogP contribution in [-0.2, 0) is 11.8 Å². The number of rotatable bonds is 2. The van der Waals surface area contributed by atoms with Crippen LogP contribution in [0.2, 0.25) is 5.02 Å². The third kappa shape index (κ3) is 2.04. The molecule has 0 atom stereocenters. The van der Waals surface area contributed by atoms with Gasteiger partial charge in [-0.1, -0.05) is 30.9 Å². The van der Waals surface area contributed by atoms with Gasteiger partial charge in [-0.3, -0.25) is 0 Å². The molecule has 1 aromatic heterocycles. The first-order valence-corrected chi connectivity index (χ1v) is 5.92. The van der Waals surface area contributed by atoms with E-state index in [0.717, 1.165) is 18.5 Å². The van der Waals surface area contributed by atoms with Gasteiger partial charge in [0.2, 0.25) is 6.08 Å². The monoisotopic (exact) mass is 239 g/mol. The summed E-state index contributed by atoms with van der Waals surface area (Å²) in [4.78, 5) is 13.9. The van der Waals surface area contributed by atoms with Crippen LogP contribution in [0.3, 0.4) is 0 Å². The molecule has 1 aliphatic rings. The van der Waals surface area contributed by atoms with Gasteiger partial charge in [-0.2, -0.15) is 5.10 Å². The molecular weight excluding hydrogens is 226 g/mol. The lowest BCUT2D eigenvalue weighted by Crippen LogP contribution is -2.06. The van der Waals surface area contributed by atoms with Crippen molar-refractivity contribution >= 4 is 23.5 Å². The molecule has 0 N–H and O–H groups in total. The van der Waals surface area contributed by atoms with Gasteiger partial charge in [-0.25, -0.2) is 9.48 Å². The number of nitrogens with zero attached hydrogens (tertiary/aromatic N) is 3. The van der Waals surface area contributed by atoms with E-state index in [1.807, 2.05) is 0 Å². The highest BCUT2D eigenvalue weighted by molar-refractivity contribution is 6.33. The standard InChI is InChI=1S/C11H14ClN3O/c1-15-11(13-7-16)9(12)10(14-15)8-5-3-2-4-6-8/h8H,2-6H2,1H3. The highest BCUT2D eigenvalue weighted by Crippen LogP contribution is 2.39. The highest BCUT2D eigenvalue weighted by atomic mass is 35.5. The first-order chi connectivity index (χ1) is 7.74. The molecule has 1 heterocycles. The van der Waals surface area contributed by atoms with Crippen LogP contribution in [0.25, 0.3) is 0 Å². The van der Waals surface area contributed by atoms with Crippen LogP contribution < -0.4 is 0 Å². The summed E-state index contributed by atoms with van der Waals surface area (Å²) in [5, 5.41) is 4.88. The molecule has 1 fully saturated rings. The van der Waals surface area contributed by atoms with E-state index in [4.69, 9.17) is 11.6 Å². The summed E-state index contributed by atoms with van der Waals surface area (Å²) in [6.45, 7) is 0. The van der Waals surface area contributed by atoms with Crippen molar-refractivity contribution in [3.8, 4) is 0 Å². The smallest absolute Gasteiger partial charge is 0.242 e. The Morgan fingerprint density at radius 2 is 2.12 bits per heavy atom. The Labute approximate surface area is 99.3 Å². The average Bonchev–Trinajstić information content (AvgIpc) is 2.59. The molecule has 0 spiro atoms. The highest BCUT2D eigenvalue weighted by Gasteiger charge is 2.23. The Morgan fingerprint density at radius 3 is 2.75 bits per heavy atom. The number of aliphatic imine (C=N–C) groups is 1. The molecule has 1 aromatic rings. The summed E-state index contributed by atoms with van der Waals surface area (Å²) in [5.41, 5.74) is 0.887. The topological polar surface area (TPSA) is 47.2 Å². The van der Waals surface area contributed by atoms with Crippen LogP contribution in [0.4, 0.5) is 5.82 Å². The summed E-state index contributed by atoms with van der Waals surface area (Å²) in [6, 6.07) is 0. The van der Waals surface area contributed by atoms with E-state index in [2.05, 4.69) is 10.1 Å². The lowest BCUT2D eigenvalue weighted by molar-refractivity contribution is 0.434. The second kappa shape index (κ2) is 4.81. The molecule has 1 aliphatic carbocycles. The molecule has 16 heavy (non-hydrogen) atoms. The van der Waals surface area contributed by atoms with Crippen LogP contribution >= 0.6 is 11.6 Å². The molecule has 0 aromatic carbocycles. The van der Waals surface area contributed by atoms with Crippen LogP contribution in [0.15, 0.2) is 4.99 Å². The van der Waals surface area contributed by atoms with Gasteiger partial charge in [-0.15, -0.1) is 4.99 Å². The molecule has 86 valence electrons. The molecular formula is C11H14ClN3O. The number of hydrogen-bond acceptors (Lipinski definition) is 3. The Kier molecular flexibility index (Phi) is 3.42. The fourth-order valence-corrected chi connectivity index (χ4v) is 2.67. The number of hydrogen-bond donors (Lipinski definition) is 0. The van der Waals surface area contributed by atoms with E-state index < -0.39 is 0 Å². The summed E-state index contributed by atoms with van der Waals surface area (Å²) < 4.78 is 1.55. The average molecular weight is 240 g/mol. The number of isocyanates is 1. The zero-order valence-corrected chi connectivity index (χ0v) is 10.00. The van der Waals surface area contributed by atoms with Crippen molar-refractivity contribution in [2.24, 2.45) is 12.0 Å². The van der Waals surface area contributed by atoms with E-state index in [9.17, 15) is 4.79 Å². The third-order valence-corrected chi connectivity index (χ3v) is 3.49. The quantitative estimate of drug-likeness (QED) is 0.588. The predicted octanol–water partition coefficient (Wildman–Crippen LogP) is 3.09. The molecule has 0 saturated heterocycles. The van der Waals surface area contributed by atoms with Crippen LogP contribution in [-0.4, -0.2) is 15.9 Å². The fraction of sp³-hybridized carbons (Fsp3) is 0.636. The van der Waals surface area contributed by atoms with Gasteiger partial charge in [0, 0.05) is 13.0 Å². The maximum Gasteiger partial charge on any atom is 0.242 e. The first kappa shape index (κ1) is 11.4. The normalized spacial score (nSPS) is 17.1. The first-order valence-electron chi connectivity index (χ1n) is 5.54. The van der Waals surface area contributed by atoms with Crippen molar-refractivity contribution in [1.82, 2.24) is 9.78 Å².